The number of amides is 1. The highest BCUT2D eigenvalue weighted by atomic mass is 16.5. The summed E-state index contributed by atoms with van der Waals surface area (Å²) in [7, 11) is 1.26. The van der Waals surface area contributed by atoms with Gasteiger partial charge in [-0.15, -0.1) is 0 Å². The SMILES string of the molecule is CCCn1nc(C(=O)N(CC)CC(=O)OC)ccc1=O. The molecule has 1 aromatic heterocycles. The third-order valence-electron chi connectivity index (χ3n) is 2.74. The average Bonchev–Trinajstić information content (AvgIpc) is 2.46. The summed E-state index contributed by atoms with van der Waals surface area (Å²) < 4.78 is 5.79. The molecule has 0 aliphatic heterocycles. The lowest BCUT2D eigenvalue weighted by molar-refractivity contribution is -0.141. The summed E-state index contributed by atoms with van der Waals surface area (Å²) in [6, 6.07) is 2.68. The Morgan fingerprint density at radius 1 is 1.35 bits per heavy atom. The zero-order valence-corrected chi connectivity index (χ0v) is 12.0. The first-order valence-electron chi connectivity index (χ1n) is 6.47. The molecule has 0 aliphatic carbocycles. The zero-order valence-electron chi connectivity index (χ0n) is 12.0. The van der Waals surface area contributed by atoms with Gasteiger partial charge in [0.1, 0.15) is 12.2 Å². The van der Waals surface area contributed by atoms with Crippen LogP contribution in [0.25, 0.3) is 0 Å². The molecule has 110 valence electrons. The van der Waals surface area contributed by atoms with E-state index in [9.17, 15) is 14.4 Å². The van der Waals surface area contributed by atoms with Crippen LogP contribution in [0.15, 0.2) is 16.9 Å². The molecule has 7 nitrogen and oxygen atoms in total. The average molecular weight is 281 g/mol. The summed E-state index contributed by atoms with van der Waals surface area (Å²) in [6.45, 7) is 4.33. The lowest BCUT2D eigenvalue weighted by Gasteiger charge is -2.19. The molecule has 0 N–H and O–H groups in total. The molecule has 1 aromatic rings. The van der Waals surface area contributed by atoms with Crippen LogP contribution < -0.4 is 5.56 Å². The van der Waals surface area contributed by atoms with Crippen molar-refractivity contribution in [3.63, 3.8) is 0 Å². The number of methoxy groups -OCH3 is 1. The number of likely N-dealkylation sites (N-methyl/N-ethyl adjacent to an activating group) is 1. The van der Waals surface area contributed by atoms with E-state index in [0.29, 0.717) is 13.1 Å². The van der Waals surface area contributed by atoms with Gasteiger partial charge in [-0.1, -0.05) is 6.92 Å². The van der Waals surface area contributed by atoms with Crippen LogP contribution in [-0.4, -0.2) is 46.8 Å². The molecule has 0 bridgehead atoms. The van der Waals surface area contributed by atoms with Crippen molar-refractivity contribution in [2.24, 2.45) is 0 Å². The second-order valence-electron chi connectivity index (χ2n) is 4.18. The number of hydrogen-bond acceptors (Lipinski definition) is 5. The fraction of sp³-hybridized carbons (Fsp3) is 0.538. The Morgan fingerprint density at radius 3 is 2.60 bits per heavy atom. The Morgan fingerprint density at radius 2 is 2.05 bits per heavy atom. The fourth-order valence-corrected chi connectivity index (χ4v) is 1.64. The maximum absolute atomic E-state index is 12.2. The minimum absolute atomic E-state index is 0.138. The predicted molar refractivity (Wildman–Crippen MR) is 72.4 cm³/mol. The van der Waals surface area contributed by atoms with Gasteiger partial charge in [0.05, 0.1) is 7.11 Å². The van der Waals surface area contributed by atoms with Crippen LogP contribution >= 0.6 is 0 Å². The second kappa shape index (κ2) is 7.42. The number of hydrogen-bond donors (Lipinski definition) is 0. The summed E-state index contributed by atoms with van der Waals surface area (Å²) in [5.74, 6) is -0.898. The summed E-state index contributed by atoms with van der Waals surface area (Å²) in [5, 5.41) is 4.02. The molecular weight excluding hydrogens is 262 g/mol. The molecule has 0 atom stereocenters. The molecule has 0 saturated carbocycles. The monoisotopic (exact) mass is 281 g/mol. The van der Waals surface area contributed by atoms with Crippen LogP contribution in [0.3, 0.4) is 0 Å². The van der Waals surface area contributed by atoms with Crippen molar-refractivity contribution in [2.45, 2.75) is 26.8 Å². The minimum Gasteiger partial charge on any atom is -0.468 e. The Hall–Kier alpha value is -2.18. The standard InChI is InChI=1S/C13H19N3O4/c1-4-8-16-11(17)7-6-10(14-16)13(19)15(5-2)9-12(18)20-3/h6-7H,4-5,8-9H2,1-3H3. The van der Waals surface area contributed by atoms with Crippen LogP contribution in [0.5, 0.6) is 0 Å². The Bertz CT molecular complexity index is 539. The highest BCUT2D eigenvalue weighted by Crippen LogP contribution is 2.01. The van der Waals surface area contributed by atoms with Crippen molar-refractivity contribution in [3.8, 4) is 0 Å². The van der Waals surface area contributed by atoms with Gasteiger partial charge >= 0.3 is 5.97 Å². The van der Waals surface area contributed by atoms with E-state index in [-0.39, 0.29) is 17.8 Å². The van der Waals surface area contributed by atoms with E-state index in [1.54, 1.807) is 6.92 Å². The van der Waals surface area contributed by atoms with Crippen molar-refractivity contribution in [1.29, 1.82) is 0 Å². The molecule has 7 heteroatoms. The van der Waals surface area contributed by atoms with Gasteiger partial charge in [-0.2, -0.15) is 5.10 Å². The van der Waals surface area contributed by atoms with Gasteiger partial charge in [0.2, 0.25) is 0 Å². The Labute approximate surface area is 117 Å². The minimum atomic E-state index is -0.498. The van der Waals surface area contributed by atoms with Crippen molar-refractivity contribution in [3.05, 3.63) is 28.2 Å². The van der Waals surface area contributed by atoms with E-state index in [1.807, 2.05) is 6.92 Å². The van der Waals surface area contributed by atoms with Crippen molar-refractivity contribution >= 4 is 11.9 Å². The molecule has 0 aliphatic rings. The fourth-order valence-electron chi connectivity index (χ4n) is 1.64. The molecular formula is C13H19N3O4. The first kappa shape index (κ1) is 15.9. The number of aromatic nitrogens is 2. The topological polar surface area (TPSA) is 81.5 Å². The molecule has 20 heavy (non-hydrogen) atoms. The molecule has 0 fully saturated rings. The van der Waals surface area contributed by atoms with E-state index in [2.05, 4.69) is 9.84 Å². The smallest absolute Gasteiger partial charge is 0.325 e. The number of aryl methyl sites for hydroxylation is 1. The van der Waals surface area contributed by atoms with Crippen LogP contribution in [0, 0.1) is 0 Å². The largest absolute Gasteiger partial charge is 0.468 e. The first-order chi connectivity index (χ1) is 9.53. The normalized spacial score (nSPS) is 10.2. The molecule has 1 heterocycles. The van der Waals surface area contributed by atoms with E-state index < -0.39 is 11.9 Å². The molecule has 0 spiro atoms. The summed E-state index contributed by atoms with van der Waals surface area (Å²) >= 11 is 0. The lowest BCUT2D eigenvalue weighted by atomic mass is 10.3. The van der Waals surface area contributed by atoms with E-state index >= 15 is 0 Å². The maximum Gasteiger partial charge on any atom is 0.325 e. The Kier molecular flexibility index (Phi) is 5.89. The number of carbonyl (C=O) groups excluding carboxylic acids is 2. The van der Waals surface area contributed by atoms with Crippen LogP contribution in [0.4, 0.5) is 0 Å². The Balaban J connectivity index is 2.97. The molecule has 1 amide bonds. The molecule has 1 rings (SSSR count). The summed E-state index contributed by atoms with van der Waals surface area (Å²) in [6.07, 6.45) is 0.740. The number of rotatable bonds is 6. The number of carbonyl (C=O) groups is 2. The van der Waals surface area contributed by atoms with Crippen LogP contribution in [-0.2, 0) is 16.1 Å². The van der Waals surface area contributed by atoms with Gasteiger partial charge in [-0.05, 0) is 19.4 Å². The molecule has 0 unspecified atom stereocenters. The quantitative estimate of drug-likeness (QED) is 0.700. The van der Waals surface area contributed by atoms with Crippen molar-refractivity contribution in [1.82, 2.24) is 14.7 Å². The number of nitrogens with zero attached hydrogens (tertiary/aromatic N) is 3. The summed E-state index contributed by atoms with van der Waals surface area (Å²) in [5.41, 5.74) is -0.108. The zero-order chi connectivity index (χ0) is 15.1. The van der Waals surface area contributed by atoms with Gasteiger partial charge in [0, 0.05) is 19.2 Å². The molecule has 0 aromatic carbocycles. The van der Waals surface area contributed by atoms with Gasteiger partial charge in [0.25, 0.3) is 11.5 Å². The van der Waals surface area contributed by atoms with E-state index in [4.69, 9.17) is 0 Å². The molecule has 0 saturated heterocycles. The second-order valence-corrected chi connectivity index (χ2v) is 4.18. The van der Waals surface area contributed by atoms with Crippen LogP contribution in [0.1, 0.15) is 30.8 Å². The third kappa shape index (κ3) is 3.91. The van der Waals surface area contributed by atoms with Crippen molar-refractivity contribution in [2.75, 3.05) is 20.2 Å². The van der Waals surface area contributed by atoms with Gasteiger partial charge in [-0.25, -0.2) is 4.68 Å². The van der Waals surface area contributed by atoms with Gasteiger partial charge in [0.15, 0.2) is 0 Å². The van der Waals surface area contributed by atoms with Crippen LogP contribution in [0.2, 0.25) is 0 Å². The number of ether oxygens (including phenoxy) is 1. The highest BCUT2D eigenvalue weighted by Gasteiger charge is 2.19. The third-order valence-corrected chi connectivity index (χ3v) is 2.74. The predicted octanol–water partition coefficient (Wildman–Crippen LogP) is 0.288. The maximum atomic E-state index is 12.2. The van der Waals surface area contributed by atoms with Gasteiger partial charge < -0.3 is 9.64 Å². The van der Waals surface area contributed by atoms with Crippen molar-refractivity contribution < 1.29 is 14.3 Å². The highest BCUT2D eigenvalue weighted by molar-refractivity contribution is 5.94. The van der Waals surface area contributed by atoms with Gasteiger partial charge in [-0.3, -0.25) is 14.4 Å². The van der Waals surface area contributed by atoms with E-state index in [1.165, 1.54) is 28.8 Å². The molecule has 0 radical (unpaired) electrons. The lowest BCUT2D eigenvalue weighted by Crippen LogP contribution is -2.37. The number of esters is 1. The van der Waals surface area contributed by atoms with E-state index in [0.717, 1.165) is 6.42 Å². The summed E-state index contributed by atoms with van der Waals surface area (Å²) in [4.78, 5) is 36.3. The first-order valence-corrected chi connectivity index (χ1v) is 6.47.